The van der Waals surface area contributed by atoms with Crippen LogP contribution in [-0.2, 0) is 14.3 Å². The minimum absolute atomic E-state index is 0.0200. The second kappa shape index (κ2) is 10.8. The molecule has 9 heteroatoms. The van der Waals surface area contributed by atoms with Gasteiger partial charge in [0.25, 0.3) is 11.6 Å². The number of amides is 1. The zero-order chi connectivity index (χ0) is 20.5. The van der Waals surface area contributed by atoms with Gasteiger partial charge < -0.3 is 24.3 Å². The number of benzene rings is 1. The molecule has 1 aliphatic heterocycles. The Hall–Kier alpha value is -2.39. The molecule has 1 N–H and O–H groups in total. The lowest BCUT2D eigenvalue weighted by atomic mass is 10.1. The summed E-state index contributed by atoms with van der Waals surface area (Å²) in [5.41, 5.74) is -0.241. The summed E-state index contributed by atoms with van der Waals surface area (Å²) >= 11 is 0. The molecule has 2 unspecified atom stereocenters. The lowest BCUT2D eigenvalue weighted by molar-refractivity contribution is -0.384. The summed E-state index contributed by atoms with van der Waals surface area (Å²) in [5.74, 6) is 0.104. The normalized spacial score (nSPS) is 17.6. The summed E-state index contributed by atoms with van der Waals surface area (Å²) in [4.78, 5) is 23.3. The highest BCUT2D eigenvalue weighted by molar-refractivity contribution is 5.96. The predicted molar refractivity (Wildman–Crippen MR) is 103 cm³/mol. The van der Waals surface area contributed by atoms with Crippen molar-refractivity contribution < 1.29 is 28.7 Å². The number of ether oxygens (including phenoxy) is 4. The van der Waals surface area contributed by atoms with Crippen LogP contribution in [0.1, 0.15) is 40.0 Å². The highest BCUT2D eigenvalue weighted by Gasteiger charge is 2.24. The summed E-state index contributed by atoms with van der Waals surface area (Å²) in [6, 6.07) is 2.66. The number of nitrogens with zero attached hydrogens (tertiary/aromatic N) is 1. The Kier molecular flexibility index (Phi) is 8.46. The van der Waals surface area contributed by atoms with E-state index < -0.39 is 16.9 Å². The van der Waals surface area contributed by atoms with Gasteiger partial charge >= 0.3 is 0 Å². The maximum Gasteiger partial charge on any atom is 0.296 e. The van der Waals surface area contributed by atoms with E-state index in [1.165, 1.54) is 12.1 Å². The van der Waals surface area contributed by atoms with Gasteiger partial charge in [0.2, 0.25) is 0 Å². The van der Waals surface area contributed by atoms with E-state index in [-0.39, 0.29) is 23.2 Å². The molecule has 28 heavy (non-hydrogen) atoms. The molecule has 1 amide bonds. The van der Waals surface area contributed by atoms with Crippen LogP contribution in [0.5, 0.6) is 11.5 Å². The fourth-order valence-corrected chi connectivity index (χ4v) is 2.84. The molecule has 0 radical (unpaired) electrons. The van der Waals surface area contributed by atoms with Crippen molar-refractivity contribution in [3.05, 3.63) is 22.2 Å². The summed E-state index contributed by atoms with van der Waals surface area (Å²) in [7, 11) is 0. The molecule has 1 saturated heterocycles. The van der Waals surface area contributed by atoms with Crippen molar-refractivity contribution in [2.45, 2.75) is 52.2 Å². The minimum Gasteiger partial charge on any atom is -0.490 e. The zero-order valence-electron chi connectivity index (χ0n) is 16.6. The van der Waals surface area contributed by atoms with Gasteiger partial charge in [-0.2, -0.15) is 0 Å². The van der Waals surface area contributed by atoms with E-state index >= 15 is 0 Å². The lowest BCUT2D eigenvalue weighted by Gasteiger charge is -2.24. The van der Waals surface area contributed by atoms with Gasteiger partial charge in [-0.25, -0.2) is 0 Å². The van der Waals surface area contributed by atoms with Gasteiger partial charge in [-0.1, -0.05) is 0 Å². The molecule has 0 spiro atoms. The van der Waals surface area contributed by atoms with Gasteiger partial charge in [-0.05, 0) is 40.0 Å². The molecule has 0 bridgehead atoms. The van der Waals surface area contributed by atoms with Crippen molar-refractivity contribution in [1.82, 2.24) is 0 Å². The molecular formula is C19H28N2O7. The highest BCUT2D eigenvalue weighted by Crippen LogP contribution is 2.38. The lowest BCUT2D eigenvalue weighted by Crippen LogP contribution is -2.32. The number of rotatable bonds is 10. The molecular weight excluding hydrogens is 368 g/mol. The number of hydrogen-bond acceptors (Lipinski definition) is 7. The summed E-state index contributed by atoms with van der Waals surface area (Å²) in [5, 5.41) is 14.0. The fourth-order valence-electron chi connectivity index (χ4n) is 2.84. The molecule has 9 nitrogen and oxygen atoms in total. The second-order valence-electron chi connectivity index (χ2n) is 6.39. The highest BCUT2D eigenvalue weighted by atomic mass is 16.6. The van der Waals surface area contributed by atoms with E-state index in [0.29, 0.717) is 32.2 Å². The van der Waals surface area contributed by atoms with Crippen molar-refractivity contribution in [1.29, 1.82) is 0 Å². The zero-order valence-corrected chi connectivity index (χ0v) is 16.6. The van der Waals surface area contributed by atoms with E-state index in [4.69, 9.17) is 18.9 Å². The number of hydrogen-bond donors (Lipinski definition) is 1. The van der Waals surface area contributed by atoms with Crippen LogP contribution in [0, 0.1) is 10.1 Å². The molecule has 0 saturated carbocycles. The third kappa shape index (κ3) is 6.07. The monoisotopic (exact) mass is 396 g/mol. The molecule has 1 fully saturated rings. The first-order valence-corrected chi connectivity index (χ1v) is 9.58. The van der Waals surface area contributed by atoms with Crippen LogP contribution in [0.25, 0.3) is 0 Å². The van der Waals surface area contributed by atoms with Crippen LogP contribution in [0.2, 0.25) is 0 Å². The van der Waals surface area contributed by atoms with Crippen LogP contribution >= 0.6 is 0 Å². The Morgan fingerprint density at radius 3 is 2.54 bits per heavy atom. The number of nitrogens with one attached hydrogen (secondary N) is 1. The smallest absolute Gasteiger partial charge is 0.296 e. The first-order valence-electron chi connectivity index (χ1n) is 9.58. The van der Waals surface area contributed by atoms with Crippen molar-refractivity contribution in [3.63, 3.8) is 0 Å². The van der Waals surface area contributed by atoms with Gasteiger partial charge in [-0.15, -0.1) is 0 Å². The average Bonchev–Trinajstić information content (AvgIpc) is 2.68. The largest absolute Gasteiger partial charge is 0.490 e. The molecule has 0 aromatic heterocycles. The van der Waals surface area contributed by atoms with Crippen LogP contribution in [0.4, 0.5) is 11.4 Å². The number of nitro benzene ring substituents is 1. The van der Waals surface area contributed by atoms with Crippen LogP contribution < -0.4 is 14.8 Å². The molecule has 2 rings (SSSR count). The molecule has 1 aromatic carbocycles. The maximum atomic E-state index is 12.5. The van der Waals surface area contributed by atoms with Gasteiger partial charge in [0.05, 0.1) is 36.9 Å². The Morgan fingerprint density at radius 2 is 1.96 bits per heavy atom. The number of anilines is 1. The predicted octanol–water partition coefficient (Wildman–Crippen LogP) is 3.30. The Morgan fingerprint density at radius 1 is 1.29 bits per heavy atom. The molecule has 1 aromatic rings. The van der Waals surface area contributed by atoms with E-state index in [0.717, 1.165) is 19.3 Å². The molecule has 1 aliphatic rings. The minimum atomic E-state index is -0.785. The number of carbonyl (C=O) groups is 1. The standard InChI is InChI=1S/C19H28N2O7/c1-4-25-17-10-15(16(21(23)24)11-18(17)26-5-2)20-19(22)13(3)28-12-14-8-6-7-9-27-14/h10-11,13-14H,4-9,12H2,1-3H3,(H,20,22). The Labute approximate surface area is 164 Å². The topological polar surface area (TPSA) is 109 Å². The third-order valence-electron chi connectivity index (χ3n) is 4.29. The van der Waals surface area contributed by atoms with Crippen LogP contribution in [0.3, 0.4) is 0 Å². The first-order chi connectivity index (χ1) is 13.5. The molecule has 2 atom stereocenters. The van der Waals surface area contributed by atoms with Crippen molar-refractivity contribution in [2.24, 2.45) is 0 Å². The number of carbonyl (C=O) groups excluding carboxylic acids is 1. The van der Waals surface area contributed by atoms with Crippen LogP contribution in [0.15, 0.2) is 12.1 Å². The van der Waals surface area contributed by atoms with Crippen molar-refractivity contribution in [2.75, 3.05) is 31.7 Å². The Bertz CT molecular complexity index is 674. The molecule has 156 valence electrons. The van der Waals surface area contributed by atoms with Crippen LogP contribution in [-0.4, -0.2) is 49.5 Å². The van der Waals surface area contributed by atoms with Gasteiger partial charge in [0.15, 0.2) is 11.5 Å². The maximum absolute atomic E-state index is 12.5. The number of nitro groups is 1. The van der Waals surface area contributed by atoms with E-state index in [9.17, 15) is 14.9 Å². The summed E-state index contributed by atoms with van der Waals surface area (Å²) in [6.07, 6.45) is 2.21. The third-order valence-corrected chi connectivity index (χ3v) is 4.29. The molecule has 1 heterocycles. The first kappa shape index (κ1) is 21.9. The van der Waals surface area contributed by atoms with Crippen molar-refractivity contribution >= 4 is 17.3 Å². The summed E-state index contributed by atoms with van der Waals surface area (Å²) < 4.78 is 22.1. The molecule has 0 aliphatic carbocycles. The van der Waals surface area contributed by atoms with Gasteiger partial charge in [-0.3, -0.25) is 14.9 Å². The van der Waals surface area contributed by atoms with E-state index in [1.807, 2.05) is 0 Å². The van der Waals surface area contributed by atoms with E-state index in [2.05, 4.69) is 5.32 Å². The SMILES string of the molecule is CCOc1cc(NC(=O)C(C)OCC2CCCCO2)c([N+](=O)[O-])cc1OCC. The fraction of sp³-hybridized carbons (Fsp3) is 0.632. The quantitative estimate of drug-likeness (QED) is 0.477. The van der Waals surface area contributed by atoms with E-state index in [1.54, 1.807) is 20.8 Å². The second-order valence-corrected chi connectivity index (χ2v) is 6.39. The van der Waals surface area contributed by atoms with Gasteiger partial charge in [0, 0.05) is 12.7 Å². The Balaban J connectivity index is 2.09. The van der Waals surface area contributed by atoms with Crippen molar-refractivity contribution in [3.8, 4) is 11.5 Å². The summed E-state index contributed by atoms with van der Waals surface area (Å²) in [6.45, 7) is 6.85. The average molecular weight is 396 g/mol. The van der Waals surface area contributed by atoms with Gasteiger partial charge in [0.1, 0.15) is 11.8 Å².